The minimum absolute atomic E-state index is 0.0255. The van der Waals surface area contributed by atoms with Crippen LogP contribution < -0.4 is 5.32 Å². The molecule has 6 atom stereocenters. The molecule has 3 aliphatic rings. The monoisotopic (exact) mass is 411 g/mol. The van der Waals surface area contributed by atoms with E-state index in [1.807, 2.05) is 13.8 Å². The quantitative estimate of drug-likeness (QED) is 0.488. The molecule has 7 heteroatoms. The van der Waals surface area contributed by atoms with Gasteiger partial charge in [0, 0.05) is 20.8 Å². The highest BCUT2D eigenvalue weighted by molar-refractivity contribution is 5.67. The summed E-state index contributed by atoms with van der Waals surface area (Å²) < 4.78 is 29.1. The van der Waals surface area contributed by atoms with Gasteiger partial charge in [-0.1, -0.05) is 11.6 Å². The summed E-state index contributed by atoms with van der Waals surface area (Å²) in [6.45, 7) is 11.2. The predicted octanol–water partition coefficient (Wildman–Crippen LogP) is 3.21. The molecule has 1 amide bonds. The van der Waals surface area contributed by atoms with Gasteiger partial charge in [0.15, 0.2) is 0 Å². The largest absolute Gasteiger partial charge is 0.443 e. The summed E-state index contributed by atoms with van der Waals surface area (Å²) in [5, 5.41) is 2.80. The normalized spacial score (nSPS) is 38.4. The van der Waals surface area contributed by atoms with E-state index in [4.69, 9.17) is 23.7 Å². The number of methoxy groups -OCH3 is 2. The highest BCUT2D eigenvalue weighted by Gasteiger charge is 2.72. The van der Waals surface area contributed by atoms with E-state index in [-0.39, 0.29) is 35.4 Å². The number of epoxide rings is 2. The highest BCUT2D eigenvalue weighted by Crippen LogP contribution is 2.59. The Hall–Kier alpha value is -1.15. The van der Waals surface area contributed by atoms with Crippen LogP contribution in [0.25, 0.3) is 0 Å². The van der Waals surface area contributed by atoms with Crippen molar-refractivity contribution in [1.29, 1.82) is 0 Å². The van der Waals surface area contributed by atoms with Gasteiger partial charge in [0.05, 0.1) is 24.2 Å². The zero-order valence-corrected chi connectivity index (χ0v) is 18.9. The Morgan fingerprint density at radius 2 is 2.00 bits per heavy atom. The van der Waals surface area contributed by atoms with Gasteiger partial charge in [0.2, 0.25) is 0 Å². The van der Waals surface area contributed by atoms with E-state index in [9.17, 15) is 4.79 Å². The molecule has 0 aromatic heterocycles. The zero-order chi connectivity index (χ0) is 21.4. The van der Waals surface area contributed by atoms with Crippen molar-refractivity contribution in [3.05, 3.63) is 11.6 Å². The number of nitrogens with one attached hydrogen (secondary N) is 1. The standard InChI is InChI=1S/C22H37NO6/c1-14(2)8-9-16-21(5,29-16)18-17(25-6)15(10-11-22(18)13-27-22)28-19(24)23-12-20(3,4)26-7/h8,15-18H,9-13H2,1-7H3,(H,23,24)/t15-,16-,17-,18-,21+,22?/m1/s1. The van der Waals surface area contributed by atoms with Crippen LogP contribution in [0.15, 0.2) is 11.6 Å². The number of amides is 1. The van der Waals surface area contributed by atoms with E-state index >= 15 is 0 Å². The third kappa shape index (κ3) is 4.79. The third-order valence-corrected chi connectivity index (χ3v) is 6.71. The number of allylic oxidation sites excluding steroid dienone is 1. The van der Waals surface area contributed by atoms with Crippen molar-refractivity contribution in [2.24, 2.45) is 5.92 Å². The molecule has 0 aromatic rings. The highest BCUT2D eigenvalue weighted by atomic mass is 16.6. The lowest BCUT2D eigenvalue weighted by atomic mass is 9.68. The molecule has 3 fully saturated rings. The second kappa shape index (κ2) is 8.17. The maximum Gasteiger partial charge on any atom is 0.407 e. The first-order chi connectivity index (χ1) is 13.6. The molecule has 1 saturated carbocycles. The summed E-state index contributed by atoms with van der Waals surface area (Å²) in [6.07, 6.45) is 3.72. The van der Waals surface area contributed by atoms with Crippen LogP contribution in [0.5, 0.6) is 0 Å². The van der Waals surface area contributed by atoms with Crippen molar-refractivity contribution >= 4 is 6.09 Å². The lowest BCUT2D eigenvalue weighted by molar-refractivity contribution is -0.118. The Kier molecular flexibility index (Phi) is 6.35. The van der Waals surface area contributed by atoms with Crippen LogP contribution in [0, 0.1) is 5.92 Å². The summed E-state index contributed by atoms with van der Waals surface area (Å²) in [4.78, 5) is 12.4. The predicted molar refractivity (Wildman–Crippen MR) is 109 cm³/mol. The van der Waals surface area contributed by atoms with E-state index < -0.39 is 11.7 Å². The number of carbonyl (C=O) groups excluding carboxylic acids is 1. The fourth-order valence-corrected chi connectivity index (χ4v) is 4.61. The Morgan fingerprint density at radius 1 is 1.31 bits per heavy atom. The molecule has 29 heavy (non-hydrogen) atoms. The number of hydrogen-bond donors (Lipinski definition) is 1. The zero-order valence-electron chi connectivity index (χ0n) is 18.9. The topological polar surface area (TPSA) is 81.9 Å². The first kappa shape index (κ1) is 22.5. The van der Waals surface area contributed by atoms with E-state index in [0.717, 1.165) is 12.8 Å². The van der Waals surface area contributed by atoms with E-state index in [1.54, 1.807) is 14.2 Å². The van der Waals surface area contributed by atoms with Gasteiger partial charge in [-0.2, -0.15) is 0 Å². The Bertz CT molecular complexity index is 639. The van der Waals surface area contributed by atoms with Crippen LogP contribution >= 0.6 is 0 Å². The van der Waals surface area contributed by atoms with Gasteiger partial charge in [0.1, 0.15) is 23.4 Å². The van der Waals surface area contributed by atoms with Gasteiger partial charge in [-0.3, -0.25) is 0 Å². The molecule has 0 radical (unpaired) electrons. The molecule has 2 saturated heterocycles. The number of hydrogen-bond acceptors (Lipinski definition) is 6. The van der Waals surface area contributed by atoms with Crippen LogP contribution in [0.2, 0.25) is 0 Å². The fourth-order valence-electron chi connectivity index (χ4n) is 4.61. The molecule has 0 bridgehead atoms. The van der Waals surface area contributed by atoms with Crippen molar-refractivity contribution in [3.8, 4) is 0 Å². The molecule has 0 aromatic carbocycles. The van der Waals surface area contributed by atoms with Gasteiger partial charge >= 0.3 is 6.09 Å². The maximum atomic E-state index is 12.4. The van der Waals surface area contributed by atoms with Gasteiger partial charge < -0.3 is 29.0 Å². The smallest absolute Gasteiger partial charge is 0.407 e. The van der Waals surface area contributed by atoms with Crippen molar-refractivity contribution in [2.45, 2.75) is 89.0 Å². The average molecular weight is 412 g/mol. The third-order valence-electron chi connectivity index (χ3n) is 6.71. The molecule has 2 heterocycles. The molecule has 7 nitrogen and oxygen atoms in total. The number of alkyl carbamates (subject to hydrolysis) is 1. The molecule has 1 spiro atoms. The summed E-state index contributed by atoms with van der Waals surface area (Å²) >= 11 is 0. The molecular weight excluding hydrogens is 374 g/mol. The number of carbonyl (C=O) groups is 1. The fraction of sp³-hybridized carbons (Fsp3) is 0.864. The van der Waals surface area contributed by atoms with Crippen molar-refractivity contribution in [2.75, 3.05) is 27.4 Å². The summed E-state index contributed by atoms with van der Waals surface area (Å²) in [5.74, 6) is 0.0255. The van der Waals surface area contributed by atoms with Crippen LogP contribution in [0.1, 0.15) is 53.9 Å². The van der Waals surface area contributed by atoms with Crippen molar-refractivity contribution in [3.63, 3.8) is 0 Å². The van der Waals surface area contributed by atoms with E-state index in [2.05, 4.69) is 32.2 Å². The average Bonchev–Trinajstić information content (AvgIpc) is 3.57. The van der Waals surface area contributed by atoms with Crippen LogP contribution in [0.4, 0.5) is 4.79 Å². The second-order valence-electron chi connectivity index (χ2n) is 9.64. The Morgan fingerprint density at radius 3 is 2.55 bits per heavy atom. The molecule has 166 valence electrons. The van der Waals surface area contributed by atoms with Crippen LogP contribution in [0.3, 0.4) is 0 Å². The second-order valence-corrected chi connectivity index (χ2v) is 9.64. The van der Waals surface area contributed by atoms with E-state index in [1.165, 1.54) is 5.57 Å². The van der Waals surface area contributed by atoms with Crippen LogP contribution in [-0.2, 0) is 23.7 Å². The molecule has 1 N–H and O–H groups in total. The molecule has 3 rings (SSSR count). The number of rotatable bonds is 8. The molecule has 2 aliphatic heterocycles. The van der Waals surface area contributed by atoms with Crippen LogP contribution in [-0.4, -0.2) is 68.6 Å². The minimum atomic E-state index is -0.450. The summed E-state index contributed by atoms with van der Waals surface area (Å²) in [5.41, 5.74) is 0.279. The summed E-state index contributed by atoms with van der Waals surface area (Å²) in [6, 6.07) is 0. The van der Waals surface area contributed by atoms with Gasteiger partial charge in [-0.15, -0.1) is 0 Å². The molecule has 1 aliphatic carbocycles. The van der Waals surface area contributed by atoms with Crippen molar-refractivity contribution in [1.82, 2.24) is 5.32 Å². The number of ether oxygens (including phenoxy) is 5. The lowest BCUT2D eigenvalue weighted by Gasteiger charge is -2.42. The lowest BCUT2D eigenvalue weighted by Crippen LogP contribution is -2.56. The SMILES string of the molecule is CO[C@@H]1[C@H](OC(=O)NCC(C)(C)OC)CCC2(CO2)[C@H]1[C@@]1(C)O[C@@H]1CC=C(C)C. The first-order valence-electron chi connectivity index (χ1n) is 10.5. The van der Waals surface area contributed by atoms with Crippen molar-refractivity contribution < 1.29 is 28.5 Å². The minimum Gasteiger partial charge on any atom is -0.443 e. The molecule has 1 unspecified atom stereocenters. The maximum absolute atomic E-state index is 12.4. The van der Waals surface area contributed by atoms with Gasteiger partial charge in [-0.25, -0.2) is 4.79 Å². The Balaban J connectivity index is 1.67. The van der Waals surface area contributed by atoms with E-state index in [0.29, 0.717) is 19.6 Å². The van der Waals surface area contributed by atoms with Gasteiger partial charge in [0.25, 0.3) is 0 Å². The summed E-state index contributed by atoms with van der Waals surface area (Å²) in [7, 11) is 3.30. The Labute approximate surface area is 174 Å². The molecular formula is C22H37NO6. The first-order valence-corrected chi connectivity index (χ1v) is 10.5. The van der Waals surface area contributed by atoms with Gasteiger partial charge in [-0.05, 0) is 53.9 Å².